The number of hydrogen-bond donors (Lipinski definition) is 1. The van der Waals surface area contributed by atoms with Crippen molar-refractivity contribution in [3.05, 3.63) is 24.0 Å². The molecule has 1 aromatic heterocycles. The van der Waals surface area contributed by atoms with Gasteiger partial charge in [0.25, 0.3) is 0 Å². The molecule has 134 valence electrons. The Labute approximate surface area is 139 Å². The van der Waals surface area contributed by atoms with E-state index < -0.39 is 18.2 Å². The molecule has 2 heterocycles. The number of nitrogens with zero attached hydrogens (tertiary/aromatic N) is 3. The summed E-state index contributed by atoms with van der Waals surface area (Å²) in [6, 6.07) is 1.65. The van der Waals surface area contributed by atoms with Crippen LogP contribution in [0, 0.1) is 0 Å². The standard InChI is InChI=1S/C16H22F3N3O2/c1-15(2,3)12-5-4-11(8-20-12)22-7-6-21(10-14(23)24)9-13(22)16(17,18)19/h4-5,8,13H,6-7,9-10H2,1-3H3,(H,23,24). The molecule has 1 unspecified atom stereocenters. The molecule has 24 heavy (non-hydrogen) atoms. The minimum absolute atomic E-state index is 0.105. The SMILES string of the molecule is CC(C)(C)c1ccc(N2CCN(CC(=O)O)CC2C(F)(F)F)cn1. The number of carboxylic acid groups (broad SMARTS) is 1. The van der Waals surface area contributed by atoms with Crippen LogP contribution in [0.25, 0.3) is 0 Å². The minimum Gasteiger partial charge on any atom is -0.480 e. The Bertz CT molecular complexity index is 582. The summed E-state index contributed by atoms with van der Waals surface area (Å²) in [6.45, 7) is 5.57. The fourth-order valence-corrected chi connectivity index (χ4v) is 2.76. The van der Waals surface area contributed by atoms with Gasteiger partial charge in [0.1, 0.15) is 6.04 Å². The Morgan fingerprint density at radius 3 is 2.42 bits per heavy atom. The molecule has 0 bridgehead atoms. The van der Waals surface area contributed by atoms with Gasteiger partial charge in [0.15, 0.2) is 0 Å². The summed E-state index contributed by atoms with van der Waals surface area (Å²) in [6.07, 6.45) is -2.98. The molecule has 0 spiro atoms. The highest BCUT2D eigenvalue weighted by Crippen LogP contribution is 2.32. The highest BCUT2D eigenvalue weighted by molar-refractivity contribution is 5.69. The highest BCUT2D eigenvalue weighted by Gasteiger charge is 2.46. The van der Waals surface area contributed by atoms with Gasteiger partial charge in [0, 0.05) is 30.7 Å². The molecule has 0 aliphatic carbocycles. The van der Waals surface area contributed by atoms with E-state index in [1.807, 2.05) is 20.8 Å². The predicted octanol–water partition coefficient (Wildman–Crippen LogP) is 2.52. The highest BCUT2D eigenvalue weighted by atomic mass is 19.4. The van der Waals surface area contributed by atoms with Gasteiger partial charge in [0.05, 0.1) is 18.4 Å². The van der Waals surface area contributed by atoms with Crippen molar-refractivity contribution in [1.82, 2.24) is 9.88 Å². The van der Waals surface area contributed by atoms with Gasteiger partial charge in [-0.15, -0.1) is 0 Å². The summed E-state index contributed by atoms with van der Waals surface area (Å²) in [4.78, 5) is 17.6. The van der Waals surface area contributed by atoms with Gasteiger partial charge >= 0.3 is 12.1 Å². The third-order valence-electron chi connectivity index (χ3n) is 4.05. The van der Waals surface area contributed by atoms with Crippen molar-refractivity contribution in [3.8, 4) is 0 Å². The number of carbonyl (C=O) groups is 1. The Morgan fingerprint density at radius 2 is 1.96 bits per heavy atom. The first-order chi connectivity index (χ1) is 11.0. The topological polar surface area (TPSA) is 56.7 Å². The smallest absolute Gasteiger partial charge is 0.409 e. The van der Waals surface area contributed by atoms with E-state index in [9.17, 15) is 18.0 Å². The van der Waals surface area contributed by atoms with E-state index in [-0.39, 0.29) is 31.6 Å². The van der Waals surface area contributed by atoms with E-state index in [1.165, 1.54) is 16.0 Å². The second-order valence-electron chi connectivity index (χ2n) is 7.03. The summed E-state index contributed by atoms with van der Waals surface area (Å²) in [5.74, 6) is -1.12. The van der Waals surface area contributed by atoms with Gasteiger partial charge in [-0.3, -0.25) is 14.7 Å². The zero-order valence-electron chi connectivity index (χ0n) is 14.0. The Kier molecular flexibility index (Phi) is 5.08. The van der Waals surface area contributed by atoms with Crippen molar-refractivity contribution in [3.63, 3.8) is 0 Å². The minimum atomic E-state index is -4.44. The van der Waals surface area contributed by atoms with Gasteiger partial charge < -0.3 is 10.0 Å². The van der Waals surface area contributed by atoms with Crippen LogP contribution in [0.15, 0.2) is 18.3 Å². The molecule has 1 saturated heterocycles. The molecule has 0 aromatic carbocycles. The molecule has 1 atom stereocenters. The number of pyridine rings is 1. The molecule has 0 saturated carbocycles. The van der Waals surface area contributed by atoms with Crippen LogP contribution in [-0.4, -0.2) is 59.4 Å². The van der Waals surface area contributed by atoms with Crippen molar-refractivity contribution >= 4 is 11.7 Å². The van der Waals surface area contributed by atoms with Crippen LogP contribution in [0.3, 0.4) is 0 Å². The van der Waals surface area contributed by atoms with E-state index in [0.29, 0.717) is 5.69 Å². The second-order valence-corrected chi connectivity index (χ2v) is 7.03. The maximum Gasteiger partial charge on any atom is 0.409 e. The molecule has 1 aromatic rings. The van der Waals surface area contributed by atoms with Crippen molar-refractivity contribution in [1.29, 1.82) is 0 Å². The first-order valence-corrected chi connectivity index (χ1v) is 7.72. The molecule has 1 N–H and O–H groups in total. The Hall–Kier alpha value is -1.83. The lowest BCUT2D eigenvalue weighted by atomic mass is 9.91. The molecule has 1 aliphatic rings. The van der Waals surface area contributed by atoms with Crippen LogP contribution >= 0.6 is 0 Å². The van der Waals surface area contributed by atoms with Gasteiger partial charge in [0.2, 0.25) is 0 Å². The number of carboxylic acids is 1. The van der Waals surface area contributed by atoms with E-state index in [2.05, 4.69) is 4.98 Å². The molecule has 8 heteroatoms. The summed E-state index contributed by atoms with van der Waals surface area (Å²) in [7, 11) is 0. The lowest BCUT2D eigenvalue weighted by molar-refractivity contribution is -0.159. The summed E-state index contributed by atoms with van der Waals surface area (Å²) in [5, 5.41) is 8.80. The number of piperazine rings is 1. The normalized spacial score (nSPS) is 20.2. The van der Waals surface area contributed by atoms with Crippen LogP contribution in [-0.2, 0) is 10.2 Å². The first kappa shape index (κ1) is 18.5. The van der Waals surface area contributed by atoms with Gasteiger partial charge in [-0.25, -0.2) is 0 Å². The number of alkyl halides is 3. The number of aromatic nitrogens is 1. The number of hydrogen-bond acceptors (Lipinski definition) is 4. The van der Waals surface area contributed by atoms with Crippen LogP contribution in [0.2, 0.25) is 0 Å². The van der Waals surface area contributed by atoms with Crippen LogP contribution in [0.5, 0.6) is 0 Å². The van der Waals surface area contributed by atoms with Crippen LogP contribution in [0.4, 0.5) is 18.9 Å². The van der Waals surface area contributed by atoms with Crippen LogP contribution in [0.1, 0.15) is 26.5 Å². The monoisotopic (exact) mass is 345 g/mol. The molecule has 2 rings (SSSR count). The van der Waals surface area contributed by atoms with Crippen molar-refractivity contribution in [2.75, 3.05) is 31.1 Å². The van der Waals surface area contributed by atoms with Crippen molar-refractivity contribution < 1.29 is 23.1 Å². The molecular weight excluding hydrogens is 323 g/mol. The average Bonchev–Trinajstić information content (AvgIpc) is 2.45. The largest absolute Gasteiger partial charge is 0.480 e. The number of aliphatic carboxylic acids is 1. The maximum atomic E-state index is 13.4. The van der Waals surface area contributed by atoms with E-state index in [0.717, 1.165) is 5.69 Å². The Morgan fingerprint density at radius 1 is 1.29 bits per heavy atom. The second kappa shape index (κ2) is 6.58. The van der Waals surface area contributed by atoms with Gasteiger partial charge in [-0.05, 0) is 12.1 Å². The number of rotatable bonds is 3. The predicted molar refractivity (Wildman–Crippen MR) is 84.2 cm³/mol. The fraction of sp³-hybridized carbons (Fsp3) is 0.625. The van der Waals surface area contributed by atoms with Gasteiger partial charge in [-0.2, -0.15) is 13.2 Å². The van der Waals surface area contributed by atoms with Crippen molar-refractivity contribution in [2.45, 2.75) is 38.4 Å². The molecule has 1 aliphatic heterocycles. The number of halogens is 3. The van der Waals surface area contributed by atoms with E-state index in [4.69, 9.17) is 5.11 Å². The van der Waals surface area contributed by atoms with E-state index >= 15 is 0 Å². The summed E-state index contributed by atoms with van der Waals surface area (Å²) >= 11 is 0. The Balaban J connectivity index is 2.23. The van der Waals surface area contributed by atoms with Crippen molar-refractivity contribution in [2.24, 2.45) is 0 Å². The molecule has 1 fully saturated rings. The molecular formula is C16H22F3N3O2. The van der Waals surface area contributed by atoms with E-state index in [1.54, 1.807) is 12.1 Å². The molecule has 0 amide bonds. The summed E-state index contributed by atoms with van der Waals surface area (Å²) < 4.78 is 40.3. The first-order valence-electron chi connectivity index (χ1n) is 7.72. The lowest BCUT2D eigenvalue weighted by Gasteiger charge is -2.42. The van der Waals surface area contributed by atoms with Gasteiger partial charge in [-0.1, -0.05) is 20.8 Å². The quantitative estimate of drug-likeness (QED) is 0.912. The fourth-order valence-electron chi connectivity index (χ4n) is 2.76. The zero-order valence-corrected chi connectivity index (χ0v) is 14.0. The third-order valence-corrected chi connectivity index (χ3v) is 4.05. The van der Waals surface area contributed by atoms with Crippen LogP contribution < -0.4 is 4.90 Å². The average molecular weight is 345 g/mol. The number of anilines is 1. The third kappa shape index (κ3) is 4.37. The maximum absolute atomic E-state index is 13.4. The molecule has 0 radical (unpaired) electrons. The molecule has 5 nitrogen and oxygen atoms in total. The zero-order chi connectivity index (χ0) is 18.1. The lowest BCUT2D eigenvalue weighted by Crippen LogP contribution is -2.60. The summed E-state index contributed by atoms with van der Waals surface area (Å²) in [5.41, 5.74) is 1.03.